The van der Waals surface area contributed by atoms with Gasteiger partial charge in [-0.15, -0.1) is 0 Å². The van der Waals surface area contributed by atoms with E-state index in [1.54, 1.807) is 12.1 Å². The number of aromatic hydroxyl groups is 1. The molecule has 1 aromatic carbocycles. The van der Waals surface area contributed by atoms with Crippen LogP contribution in [0.15, 0.2) is 18.2 Å². The number of carbonyl (C=O) groups excluding carboxylic acids is 1. The number of para-hydroxylation sites is 1. The molecule has 1 aromatic rings. The molecule has 0 radical (unpaired) electrons. The van der Waals surface area contributed by atoms with Crippen molar-refractivity contribution in [1.29, 1.82) is 0 Å². The Bertz CT molecular complexity index is 437. The minimum absolute atomic E-state index is 0.0782. The molecule has 0 saturated heterocycles. The van der Waals surface area contributed by atoms with Crippen LogP contribution in [0.3, 0.4) is 0 Å². The van der Waals surface area contributed by atoms with Gasteiger partial charge in [-0.05, 0) is 24.5 Å². The number of carbonyl (C=O) groups is 1. The van der Waals surface area contributed by atoms with Crippen molar-refractivity contribution in [2.24, 2.45) is 5.73 Å². The van der Waals surface area contributed by atoms with Crippen molar-refractivity contribution >= 4 is 11.6 Å². The Labute approximate surface area is 101 Å². The summed E-state index contributed by atoms with van der Waals surface area (Å²) in [5, 5.41) is 12.5. The predicted octanol–water partition coefficient (Wildman–Crippen LogP) is 2.08. The lowest BCUT2D eigenvalue weighted by Crippen LogP contribution is -2.34. The van der Waals surface area contributed by atoms with Gasteiger partial charge in [0.25, 0.3) is 0 Å². The number of hydrogen-bond donors (Lipinski definition) is 3. The molecule has 2 rings (SSSR count). The summed E-state index contributed by atoms with van der Waals surface area (Å²) in [7, 11) is 0. The SMILES string of the molecule is CC(=O)Nc1c(O)cccc1C1(N)CCCC1. The van der Waals surface area contributed by atoms with Gasteiger partial charge < -0.3 is 16.2 Å². The zero-order valence-corrected chi connectivity index (χ0v) is 9.99. The van der Waals surface area contributed by atoms with Gasteiger partial charge in [-0.1, -0.05) is 25.0 Å². The summed E-state index contributed by atoms with van der Waals surface area (Å²) < 4.78 is 0. The monoisotopic (exact) mass is 234 g/mol. The molecule has 4 heteroatoms. The van der Waals surface area contributed by atoms with E-state index in [1.807, 2.05) is 6.07 Å². The van der Waals surface area contributed by atoms with Crippen molar-refractivity contribution < 1.29 is 9.90 Å². The van der Waals surface area contributed by atoms with Crippen LogP contribution in [0.4, 0.5) is 5.69 Å². The van der Waals surface area contributed by atoms with E-state index in [0.717, 1.165) is 31.2 Å². The molecule has 1 aliphatic rings. The van der Waals surface area contributed by atoms with Crippen LogP contribution in [-0.2, 0) is 10.3 Å². The fourth-order valence-corrected chi connectivity index (χ4v) is 2.54. The zero-order chi connectivity index (χ0) is 12.5. The van der Waals surface area contributed by atoms with Gasteiger partial charge in [0.2, 0.25) is 5.91 Å². The number of nitrogens with one attached hydrogen (secondary N) is 1. The molecule has 0 aliphatic heterocycles. The Balaban J connectivity index is 2.45. The maximum absolute atomic E-state index is 11.2. The number of anilines is 1. The molecule has 0 heterocycles. The maximum atomic E-state index is 11.2. The third-order valence-corrected chi connectivity index (χ3v) is 3.38. The number of benzene rings is 1. The summed E-state index contributed by atoms with van der Waals surface area (Å²) in [4.78, 5) is 11.2. The Hall–Kier alpha value is -1.55. The van der Waals surface area contributed by atoms with E-state index in [0.29, 0.717) is 5.69 Å². The number of phenolic OH excluding ortho intramolecular Hbond substituents is 1. The molecule has 92 valence electrons. The third-order valence-electron chi connectivity index (χ3n) is 3.38. The van der Waals surface area contributed by atoms with Crippen LogP contribution in [0.25, 0.3) is 0 Å². The van der Waals surface area contributed by atoms with Crippen LogP contribution in [-0.4, -0.2) is 11.0 Å². The number of hydrogen-bond acceptors (Lipinski definition) is 3. The van der Waals surface area contributed by atoms with Crippen molar-refractivity contribution in [2.45, 2.75) is 38.1 Å². The molecular formula is C13H18N2O2. The van der Waals surface area contributed by atoms with Crippen LogP contribution < -0.4 is 11.1 Å². The highest BCUT2D eigenvalue weighted by atomic mass is 16.3. The molecule has 0 bridgehead atoms. The molecule has 0 unspecified atom stereocenters. The predicted molar refractivity (Wildman–Crippen MR) is 66.7 cm³/mol. The molecular weight excluding hydrogens is 216 g/mol. The second-order valence-electron chi connectivity index (χ2n) is 4.74. The molecule has 1 saturated carbocycles. The number of phenols is 1. The molecule has 1 amide bonds. The average molecular weight is 234 g/mol. The Morgan fingerprint density at radius 3 is 2.65 bits per heavy atom. The second-order valence-corrected chi connectivity index (χ2v) is 4.74. The number of amides is 1. The fourth-order valence-electron chi connectivity index (χ4n) is 2.54. The van der Waals surface area contributed by atoms with Gasteiger partial charge in [0, 0.05) is 12.5 Å². The third kappa shape index (κ3) is 2.26. The Kier molecular flexibility index (Phi) is 3.07. The standard InChI is InChI=1S/C13H18N2O2/c1-9(16)15-12-10(5-4-6-11(12)17)13(14)7-2-3-8-13/h4-6,17H,2-3,7-8,14H2,1H3,(H,15,16). The first-order valence-corrected chi connectivity index (χ1v) is 5.92. The lowest BCUT2D eigenvalue weighted by Gasteiger charge is -2.27. The van der Waals surface area contributed by atoms with E-state index in [-0.39, 0.29) is 11.7 Å². The Morgan fingerprint density at radius 1 is 1.41 bits per heavy atom. The van der Waals surface area contributed by atoms with E-state index >= 15 is 0 Å². The van der Waals surface area contributed by atoms with Gasteiger partial charge in [-0.25, -0.2) is 0 Å². The fraction of sp³-hybridized carbons (Fsp3) is 0.462. The number of nitrogens with two attached hydrogens (primary N) is 1. The van der Waals surface area contributed by atoms with Gasteiger partial charge in [-0.3, -0.25) is 4.79 Å². The van der Waals surface area contributed by atoms with Crippen molar-refractivity contribution in [1.82, 2.24) is 0 Å². The minimum Gasteiger partial charge on any atom is -0.506 e. The van der Waals surface area contributed by atoms with Crippen molar-refractivity contribution in [3.63, 3.8) is 0 Å². The largest absolute Gasteiger partial charge is 0.506 e. The highest BCUT2D eigenvalue weighted by Crippen LogP contribution is 2.42. The highest BCUT2D eigenvalue weighted by Gasteiger charge is 2.34. The maximum Gasteiger partial charge on any atom is 0.221 e. The van der Waals surface area contributed by atoms with Gasteiger partial charge in [0.1, 0.15) is 5.75 Å². The number of rotatable bonds is 2. The van der Waals surface area contributed by atoms with Gasteiger partial charge in [-0.2, -0.15) is 0 Å². The van der Waals surface area contributed by atoms with Crippen molar-refractivity contribution in [3.8, 4) is 5.75 Å². The smallest absolute Gasteiger partial charge is 0.221 e. The molecule has 17 heavy (non-hydrogen) atoms. The lowest BCUT2D eigenvalue weighted by atomic mass is 9.87. The van der Waals surface area contributed by atoms with Gasteiger partial charge >= 0.3 is 0 Å². The van der Waals surface area contributed by atoms with E-state index in [9.17, 15) is 9.90 Å². The summed E-state index contributed by atoms with van der Waals surface area (Å²) in [5.41, 5.74) is 7.24. The highest BCUT2D eigenvalue weighted by molar-refractivity contribution is 5.91. The van der Waals surface area contributed by atoms with Crippen LogP contribution in [0.1, 0.15) is 38.2 Å². The zero-order valence-electron chi connectivity index (χ0n) is 9.99. The van der Waals surface area contributed by atoms with Gasteiger partial charge in [0.05, 0.1) is 5.69 Å². The van der Waals surface area contributed by atoms with Gasteiger partial charge in [0.15, 0.2) is 0 Å². The second kappa shape index (κ2) is 4.37. The normalized spacial score (nSPS) is 18.0. The summed E-state index contributed by atoms with van der Waals surface area (Å²) in [6.07, 6.45) is 3.96. The molecule has 4 N–H and O–H groups in total. The molecule has 0 spiro atoms. The molecule has 1 aliphatic carbocycles. The van der Waals surface area contributed by atoms with Crippen LogP contribution in [0.2, 0.25) is 0 Å². The van der Waals surface area contributed by atoms with E-state index < -0.39 is 5.54 Å². The van der Waals surface area contributed by atoms with Crippen LogP contribution in [0.5, 0.6) is 5.75 Å². The lowest BCUT2D eigenvalue weighted by molar-refractivity contribution is -0.114. The van der Waals surface area contributed by atoms with Crippen molar-refractivity contribution in [3.05, 3.63) is 23.8 Å². The molecule has 0 atom stereocenters. The minimum atomic E-state index is -0.420. The first-order chi connectivity index (χ1) is 8.03. The van der Waals surface area contributed by atoms with Crippen molar-refractivity contribution in [2.75, 3.05) is 5.32 Å². The molecule has 4 nitrogen and oxygen atoms in total. The average Bonchev–Trinajstić information content (AvgIpc) is 2.69. The summed E-state index contributed by atoms with van der Waals surface area (Å²) in [5.74, 6) is -0.122. The summed E-state index contributed by atoms with van der Waals surface area (Å²) >= 11 is 0. The first-order valence-electron chi connectivity index (χ1n) is 5.92. The van der Waals surface area contributed by atoms with E-state index in [2.05, 4.69) is 5.32 Å². The van der Waals surface area contributed by atoms with E-state index in [4.69, 9.17) is 5.73 Å². The van der Waals surface area contributed by atoms with E-state index in [1.165, 1.54) is 6.92 Å². The van der Waals surface area contributed by atoms with Crippen LogP contribution in [0, 0.1) is 0 Å². The first kappa shape index (κ1) is 11.9. The summed E-state index contributed by atoms with van der Waals surface area (Å²) in [6, 6.07) is 5.21. The summed E-state index contributed by atoms with van der Waals surface area (Å²) in [6.45, 7) is 1.42. The van der Waals surface area contributed by atoms with Crippen LogP contribution >= 0.6 is 0 Å². The molecule has 1 fully saturated rings. The topological polar surface area (TPSA) is 75.3 Å². The Morgan fingerprint density at radius 2 is 2.06 bits per heavy atom. The molecule has 0 aromatic heterocycles. The quantitative estimate of drug-likeness (QED) is 0.686.